The Balaban J connectivity index is 2.03. The van der Waals surface area contributed by atoms with Crippen LogP contribution in [0.1, 0.15) is 32.1 Å². The lowest BCUT2D eigenvalue weighted by atomic mass is 10.2. The Morgan fingerprint density at radius 3 is 2.62 bits per heavy atom. The van der Waals surface area contributed by atoms with Gasteiger partial charge in [-0.1, -0.05) is 12.1 Å². The van der Waals surface area contributed by atoms with Gasteiger partial charge in [0.1, 0.15) is 5.75 Å². The number of halogens is 1. The van der Waals surface area contributed by atoms with E-state index in [0.717, 1.165) is 10.2 Å². The minimum Gasteiger partial charge on any atom is -0.492 e. The molecule has 0 radical (unpaired) electrons. The monoisotopic (exact) mass is 357 g/mol. The van der Waals surface area contributed by atoms with Gasteiger partial charge in [-0.2, -0.15) is 0 Å². The molecule has 1 aromatic carbocycles. The van der Waals surface area contributed by atoms with E-state index < -0.39 is 5.97 Å². The number of rotatable bonds is 10. The Labute approximate surface area is 132 Å². The van der Waals surface area contributed by atoms with E-state index in [1.165, 1.54) is 0 Å². The predicted molar refractivity (Wildman–Crippen MR) is 83.4 cm³/mol. The van der Waals surface area contributed by atoms with Crippen LogP contribution in [0, 0.1) is 0 Å². The molecule has 1 amide bonds. The fourth-order valence-electron chi connectivity index (χ4n) is 1.69. The zero-order valence-electron chi connectivity index (χ0n) is 11.8. The molecule has 1 rings (SSSR count). The van der Waals surface area contributed by atoms with Gasteiger partial charge >= 0.3 is 5.97 Å². The van der Waals surface area contributed by atoms with E-state index in [9.17, 15) is 9.59 Å². The lowest BCUT2D eigenvalue weighted by Gasteiger charge is -2.08. The van der Waals surface area contributed by atoms with Crippen molar-refractivity contribution in [3.63, 3.8) is 0 Å². The Bertz CT molecular complexity index is 465. The zero-order chi connectivity index (χ0) is 15.5. The quantitative estimate of drug-likeness (QED) is 0.631. The summed E-state index contributed by atoms with van der Waals surface area (Å²) in [6.45, 7) is 1.01. The highest BCUT2D eigenvalue weighted by Crippen LogP contribution is 2.23. The first-order chi connectivity index (χ1) is 10.1. The molecule has 0 atom stereocenters. The predicted octanol–water partition coefficient (Wildman–Crippen LogP) is 2.98. The number of hydrogen-bond donors (Lipinski definition) is 2. The van der Waals surface area contributed by atoms with Crippen LogP contribution in [0.25, 0.3) is 0 Å². The first kappa shape index (κ1) is 17.5. The van der Waals surface area contributed by atoms with E-state index in [1.54, 1.807) is 0 Å². The van der Waals surface area contributed by atoms with E-state index in [4.69, 9.17) is 9.84 Å². The number of carboxylic acids is 1. The highest BCUT2D eigenvalue weighted by molar-refractivity contribution is 9.10. The first-order valence-electron chi connectivity index (χ1n) is 6.95. The number of aliphatic carboxylic acids is 1. The minimum absolute atomic E-state index is 0.0268. The second-order valence-corrected chi connectivity index (χ2v) is 5.44. The summed E-state index contributed by atoms with van der Waals surface area (Å²) < 4.78 is 6.46. The number of benzene rings is 1. The average molecular weight is 358 g/mol. The van der Waals surface area contributed by atoms with E-state index in [2.05, 4.69) is 21.2 Å². The van der Waals surface area contributed by atoms with Crippen LogP contribution >= 0.6 is 15.9 Å². The van der Waals surface area contributed by atoms with Gasteiger partial charge in [0.15, 0.2) is 0 Å². The number of carbonyl (C=O) groups excluding carboxylic acids is 1. The molecule has 2 N–H and O–H groups in total. The highest BCUT2D eigenvalue weighted by Gasteiger charge is 2.03. The summed E-state index contributed by atoms with van der Waals surface area (Å²) in [7, 11) is 0. The van der Waals surface area contributed by atoms with Gasteiger partial charge in [-0.25, -0.2) is 0 Å². The van der Waals surface area contributed by atoms with Crippen LogP contribution < -0.4 is 10.1 Å². The van der Waals surface area contributed by atoms with E-state index in [1.807, 2.05) is 24.3 Å². The zero-order valence-corrected chi connectivity index (χ0v) is 13.4. The molecule has 0 aliphatic carbocycles. The maximum Gasteiger partial charge on any atom is 0.303 e. The van der Waals surface area contributed by atoms with Crippen LogP contribution in [0.3, 0.4) is 0 Å². The molecule has 1 aromatic rings. The largest absolute Gasteiger partial charge is 0.492 e. The standard InChI is InChI=1S/C15H20BrNO4/c16-12-6-1-2-7-13(12)21-11-5-8-14(18)17-10-4-3-9-15(19)20/h1-2,6-7H,3-5,8-11H2,(H,17,18)(H,19,20). The normalized spacial score (nSPS) is 10.1. The molecule has 6 heteroatoms. The second-order valence-electron chi connectivity index (χ2n) is 4.58. The molecule has 0 spiro atoms. The Morgan fingerprint density at radius 2 is 1.90 bits per heavy atom. The molecule has 0 aromatic heterocycles. The van der Waals surface area contributed by atoms with Crippen LogP contribution in [-0.2, 0) is 9.59 Å². The Morgan fingerprint density at radius 1 is 1.14 bits per heavy atom. The molecule has 0 unspecified atom stereocenters. The summed E-state index contributed by atoms with van der Waals surface area (Å²) >= 11 is 3.39. The molecular weight excluding hydrogens is 338 g/mol. The number of para-hydroxylation sites is 1. The van der Waals surface area contributed by atoms with Crippen molar-refractivity contribution in [1.29, 1.82) is 0 Å². The summed E-state index contributed by atoms with van der Waals surface area (Å²) in [5.41, 5.74) is 0. The molecule has 0 aliphatic heterocycles. The molecular formula is C15H20BrNO4. The smallest absolute Gasteiger partial charge is 0.303 e. The molecule has 0 saturated carbocycles. The van der Waals surface area contributed by atoms with Crippen LogP contribution in [-0.4, -0.2) is 30.1 Å². The fourth-order valence-corrected chi connectivity index (χ4v) is 2.09. The molecule has 5 nitrogen and oxygen atoms in total. The van der Waals surface area contributed by atoms with Crippen LogP contribution in [0.2, 0.25) is 0 Å². The van der Waals surface area contributed by atoms with Gasteiger partial charge in [-0.3, -0.25) is 9.59 Å². The van der Waals surface area contributed by atoms with Gasteiger partial charge in [0.05, 0.1) is 11.1 Å². The van der Waals surface area contributed by atoms with Gasteiger partial charge in [-0.15, -0.1) is 0 Å². The minimum atomic E-state index is -0.800. The van der Waals surface area contributed by atoms with Crippen molar-refractivity contribution in [2.45, 2.75) is 32.1 Å². The molecule has 116 valence electrons. The average Bonchev–Trinajstić information content (AvgIpc) is 2.44. The third-order valence-electron chi connectivity index (χ3n) is 2.78. The second kappa shape index (κ2) is 10.2. The third kappa shape index (κ3) is 8.34. The van der Waals surface area contributed by atoms with Crippen LogP contribution in [0.5, 0.6) is 5.75 Å². The molecule has 0 fully saturated rings. The molecule has 0 saturated heterocycles. The van der Waals surface area contributed by atoms with Gasteiger partial charge < -0.3 is 15.2 Å². The number of unbranched alkanes of at least 4 members (excludes halogenated alkanes) is 1. The van der Waals surface area contributed by atoms with E-state index in [-0.39, 0.29) is 12.3 Å². The summed E-state index contributed by atoms with van der Waals surface area (Å²) in [5, 5.41) is 11.2. The van der Waals surface area contributed by atoms with Crippen molar-refractivity contribution in [3.8, 4) is 5.75 Å². The number of carbonyl (C=O) groups is 2. The van der Waals surface area contributed by atoms with Crippen molar-refractivity contribution in [2.24, 2.45) is 0 Å². The van der Waals surface area contributed by atoms with Crippen molar-refractivity contribution in [1.82, 2.24) is 5.32 Å². The number of hydrogen-bond acceptors (Lipinski definition) is 3. The van der Waals surface area contributed by atoms with Crippen molar-refractivity contribution < 1.29 is 19.4 Å². The first-order valence-corrected chi connectivity index (χ1v) is 7.74. The van der Waals surface area contributed by atoms with Gasteiger partial charge in [-0.05, 0) is 47.3 Å². The number of ether oxygens (including phenoxy) is 1. The van der Waals surface area contributed by atoms with Crippen LogP contribution in [0.15, 0.2) is 28.7 Å². The Kier molecular flexibility index (Phi) is 8.50. The molecule has 0 bridgehead atoms. The maximum absolute atomic E-state index is 11.5. The van der Waals surface area contributed by atoms with E-state index >= 15 is 0 Å². The topological polar surface area (TPSA) is 75.6 Å². The molecule has 0 aliphatic rings. The SMILES string of the molecule is O=C(O)CCCCNC(=O)CCCOc1ccccc1Br. The van der Waals surface area contributed by atoms with Crippen LogP contribution in [0.4, 0.5) is 0 Å². The summed E-state index contributed by atoms with van der Waals surface area (Å²) in [6, 6.07) is 7.57. The molecule has 0 heterocycles. The summed E-state index contributed by atoms with van der Waals surface area (Å²) in [4.78, 5) is 21.8. The number of nitrogens with one attached hydrogen (secondary N) is 1. The fraction of sp³-hybridized carbons (Fsp3) is 0.467. The van der Waals surface area contributed by atoms with Crippen molar-refractivity contribution >= 4 is 27.8 Å². The molecule has 21 heavy (non-hydrogen) atoms. The van der Waals surface area contributed by atoms with Crippen molar-refractivity contribution in [2.75, 3.05) is 13.2 Å². The highest BCUT2D eigenvalue weighted by atomic mass is 79.9. The van der Waals surface area contributed by atoms with Gasteiger partial charge in [0, 0.05) is 19.4 Å². The summed E-state index contributed by atoms with van der Waals surface area (Å²) in [6.07, 6.45) is 2.47. The lowest BCUT2D eigenvalue weighted by Crippen LogP contribution is -2.24. The lowest BCUT2D eigenvalue weighted by molar-refractivity contribution is -0.137. The van der Waals surface area contributed by atoms with Gasteiger partial charge in [0.25, 0.3) is 0 Å². The maximum atomic E-state index is 11.5. The van der Waals surface area contributed by atoms with Crippen molar-refractivity contribution in [3.05, 3.63) is 28.7 Å². The number of amides is 1. The van der Waals surface area contributed by atoms with E-state index in [0.29, 0.717) is 38.8 Å². The van der Waals surface area contributed by atoms with Gasteiger partial charge in [0.2, 0.25) is 5.91 Å². The Hall–Kier alpha value is -1.56. The summed E-state index contributed by atoms with van der Waals surface area (Å²) in [5.74, 6) is -0.0572. The third-order valence-corrected chi connectivity index (χ3v) is 3.44. The number of carboxylic acid groups (broad SMARTS) is 1.